The number of hydrogen-bond donors (Lipinski definition) is 1. The minimum atomic E-state index is -0.705. The second kappa shape index (κ2) is 8.05. The number of rotatable bonds is 4. The molecule has 152 valence electrons. The molecule has 0 aliphatic heterocycles. The van der Waals surface area contributed by atoms with Gasteiger partial charge in [0.05, 0.1) is 11.2 Å². The first-order chi connectivity index (χ1) is 13.6. The molecule has 0 fully saturated rings. The average Bonchev–Trinajstić information content (AvgIpc) is 3.02. The first-order valence-electron chi connectivity index (χ1n) is 9.08. The number of fused-ring (bicyclic) bond motifs is 1. The number of thiophene rings is 1. The van der Waals surface area contributed by atoms with Crippen LogP contribution in [0.2, 0.25) is 5.02 Å². The smallest absolute Gasteiger partial charge is 0.342 e. The number of benzene rings is 2. The van der Waals surface area contributed by atoms with E-state index in [1.165, 1.54) is 29.2 Å². The highest BCUT2D eigenvalue weighted by molar-refractivity contribution is 7.24. The van der Waals surface area contributed by atoms with Crippen molar-refractivity contribution in [2.24, 2.45) is 0 Å². The number of anilines is 1. The fourth-order valence-electron chi connectivity index (χ4n) is 2.91. The molecular weight excluding hydrogens is 410 g/mol. The van der Waals surface area contributed by atoms with Crippen LogP contribution in [0.4, 0.5) is 5.00 Å². The second-order valence-corrected chi connectivity index (χ2v) is 9.03. The molecule has 1 amide bonds. The van der Waals surface area contributed by atoms with E-state index in [1.54, 1.807) is 26.8 Å². The number of esters is 1. The largest absolute Gasteiger partial charge is 0.506 e. The Kier molecular flexibility index (Phi) is 5.87. The van der Waals surface area contributed by atoms with Gasteiger partial charge in [-0.05, 0) is 38.5 Å². The van der Waals surface area contributed by atoms with Crippen molar-refractivity contribution in [2.45, 2.75) is 39.8 Å². The van der Waals surface area contributed by atoms with E-state index < -0.39 is 11.6 Å². The van der Waals surface area contributed by atoms with Crippen LogP contribution in [0.1, 0.15) is 43.6 Å². The van der Waals surface area contributed by atoms with Crippen molar-refractivity contribution in [3.05, 3.63) is 58.6 Å². The van der Waals surface area contributed by atoms with Crippen LogP contribution < -0.4 is 4.90 Å². The van der Waals surface area contributed by atoms with Crippen LogP contribution in [0.15, 0.2) is 42.5 Å². The molecule has 0 saturated heterocycles. The number of hydrogen-bond acceptors (Lipinski definition) is 5. The Morgan fingerprint density at radius 3 is 2.38 bits per heavy atom. The summed E-state index contributed by atoms with van der Waals surface area (Å²) < 4.78 is 6.13. The predicted octanol–water partition coefficient (Wildman–Crippen LogP) is 5.77. The highest BCUT2D eigenvalue weighted by Gasteiger charge is 2.30. The maximum atomic E-state index is 13.1. The van der Waals surface area contributed by atoms with Crippen molar-refractivity contribution in [1.82, 2.24) is 0 Å². The molecule has 5 nitrogen and oxygen atoms in total. The van der Waals surface area contributed by atoms with Gasteiger partial charge in [-0.3, -0.25) is 9.69 Å². The van der Waals surface area contributed by atoms with Crippen LogP contribution in [-0.4, -0.2) is 22.6 Å². The molecule has 7 heteroatoms. The summed E-state index contributed by atoms with van der Waals surface area (Å²) in [5, 5.41) is 11.1. The maximum absolute atomic E-state index is 13.1. The quantitative estimate of drug-likeness (QED) is 0.532. The summed E-state index contributed by atoms with van der Waals surface area (Å²) in [5.41, 5.74) is 0.487. The third-order valence-corrected chi connectivity index (χ3v) is 5.91. The molecule has 0 aliphatic rings. The Morgan fingerprint density at radius 2 is 1.79 bits per heavy atom. The molecule has 2 aromatic carbocycles. The molecule has 1 N–H and O–H groups in total. The Hall–Kier alpha value is -2.57. The summed E-state index contributed by atoms with van der Waals surface area (Å²) in [6.07, 6.45) is 0. The van der Waals surface area contributed by atoms with Crippen LogP contribution >= 0.6 is 22.9 Å². The molecule has 0 unspecified atom stereocenters. The molecule has 0 atom stereocenters. The van der Waals surface area contributed by atoms with Gasteiger partial charge in [-0.25, -0.2) is 4.79 Å². The number of carbonyl (C=O) groups excluding carboxylic acids is 2. The normalized spacial score (nSPS) is 11.5. The predicted molar refractivity (Wildman–Crippen MR) is 117 cm³/mol. The minimum Gasteiger partial charge on any atom is -0.506 e. The molecule has 1 aromatic heterocycles. The third-order valence-electron chi connectivity index (χ3n) is 4.17. The number of nitrogens with zero attached hydrogens (tertiary/aromatic N) is 1. The number of aromatic hydroxyl groups is 1. The van der Waals surface area contributed by atoms with Gasteiger partial charge < -0.3 is 9.84 Å². The molecule has 0 aliphatic carbocycles. The summed E-state index contributed by atoms with van der Waals surface area (Å²) >= 11 is 7.49. The highest BCUT2D eigenvalue weighted by atomic mass is 35.5. The Bertz CT molecular complexity index is 1070. The number of halogens is 1. The maximum Gasteiger partial charge on any atom is 0.342 e. The SMILES string of the molecule is CC(=O)N(Cc1ccccc1)c1sc2c(Cl)c(O)ccc2c1C(=O)OC(C)(C)C. The first-order valence-corrected chi connectivity index (χ1v) is 10.3. The summed E-state index contributed by atoms with van der Waals surface area (Å²) in [6.45, 7) is 7.09. The van der Waals surface area contributed by atoms with Crippen LogP contribution in [0, 0.1) is 0 Å². The number of phenolic OH excluding ortho intramolecular Hbond substituents is 1. The lowest BCUT2D eigenvalue weighted by atomic mass is 10.1. The van der Waals surface area contributed by atoms with Gasteiger partial charge in [-0.1, -0.05) is 41.9 Å². The number of amides is 1. The lowest BCUT2D eigenvalue weighted by Crippen LogP contribution is -2.30. The van der Waals surface area contributed by atoms with Crippen LogP contribution in [0.3, 0.4) is 0 Å². The van der Waals surface area contributed by atoms with Gasteiger partial charge in [0.25, 0.3) is 0 Å². The van der Waals surface area contributed by atoms with Crippen molar-refractivity contribution < 1.29 is 19.4 Å². The summed E-state index contributed by atoms with van der Waals surface area (Å²) in [4.78, 5) is 27.1. The van der Waals surface area contributed by atoms with Gasteiger partial charge in [0.15, 0.2) is 0 Å². The average molecular weight is 432 g/mol. The minimum absolute atomic E-state index is 0.0832. The van der Waals surface area contributed by atoms with E-state index in [-0.39, 0.29) is 22.2 Å². The van der Waals surface area contributed by atoms with Gasteiger partial charge in [0.1, 0.15) is 26.9 Å². The van der Waals surface area contributed by atoms with E-state index in [1.807, 2.05) is 30.3 Å². The molecule has 3 rings (SSSR count). The van der Waals surface area contributed by atoms with E-state index in [0.29, 0.717) is 21.6 Å². The summed E-state index contributed by atoms with van der Waals surface area (Å²) in [7, 11) is 0. The number of ether oxygens (including phenoxy) is 1. The first kappa shape index (κ1) is 21.1. The number of phenols is 1. The van der Waals surface area contributed by atoms with Crippen LogP contribution in [0.5, 0.6) is 5.75 Å². The van der Waals surface area contributed by atoms with E-state index in [0.717, 1.165) is 5.56 Å². The Balaban J connectivity index is 2.20. The van der Waals surface area contributed by atoms with Crippen LogP contribution in [-0.2, 0) is 16.1 Å². The molecular formula is C22H22ClNO4S. The second-order valence-electron chi connectivity index (χ2n) is 7.65. The zero-order valence-corrected chi connectivity index (χ0v) is 18.2. The van der Waals surface area contributed by atoms with E-state index in [4.69, 9.17) is 16.3 Å². The standard InChI is InChI=1S/C22H22ClNO4S/c1-13(25)24(12-14-8-6-5-7-9-14)20-17(21(27)28-22(2,3)4)15-10-11-16(26)18(23)19(15)29-20/h5-11,26H,12H2,1-4H3. The van der Waals surface area contributed by atoms with E-state index in [2.05, 4.69) is 0 Å². The molecule has 0 saturated carbocycles. The Labute approximate surface area is 178 Å². The topological polar surface area (TPSA) is 66.8 Å². The fraction of sp³-hybridized carbons (Fsp3) is 0.273. The van der Waals surface area contributed by atoms with Crippen molar-refractivity contribution >= 4 is 49.9 Å². The van der Waals surface area contributed by atoms with Gasteiger partial charge in [-0.15, -0.1) is 11.3 Å². The summed E-state index contributed by atoms with van der Waals surface area (Å²) in [5.74, 6) is -0.842. The van der Waals surface area contributed by atoms with Gasteiger partial charge in [0.2, 0.25) is 5.91 Å². The fourth-order valence-corrected chi connectivity index (χ4v) is 4.46. The molecule has 3 aromatic rings. The molecule has 29 heavy (non-hydrogen) atoms. The van der Waals surface area contributed by atoms with Crippen molar-refractivity contribution in [1.29, 1.82) is 0 Å². The molecule has 0 radical (unpaired) electrons. The van der Waals surface area contributed by atoms with Crippen molar-refractivity contribution in [3.8, 4) is 5.75 Å². The lowest BCUT2D eigenvalue weighted by Gasteiger charge is -2.23. The molecule has 1 heterocycles. The Morgan fingerprint density at radius 1 is 1.14 bits per heavy atom. The van der Waals surface area contributed by atoms with Gasteiger partial charge in [-0.2, -0.15) is 0 Å². The van der Waals surface area contributed by atoms with Gasteiger partial charge >= 0.3 is 5.97 Å². The van der Waals surface area contributed by atoms with E-state index >= 15 is 0 Å². The van der Waals surface area contributed by atoms with Crippen molar-refractivity contribution in [3.63, 3.8) is 0 Å². The lowest BCUT2D eigenvalue weighted by molar-refractivity contribution is -0.116. The zero-order valence-electron chi connectivity index (χ0n) is 16.7. The third kappa shape index (κ3) is 4.54. The van der Waals surface area contributed by atoms with Gasteiger partial charge in [0, 0.05) is 12.3 Å². The monoisotopic (exact) mass is 431 g/mol. The van der Waals surface area contributed by atoms with E-state index in [9.17, 15) is 14.7 Å². The number of carbonyl (C=O) groups is 2. The van der Waals surface area contributed by atoms with Crippen molar-refractivity contribution in [2.75, 3.05) is 4.90 Å². The highest BCUT2D eigenvalue weighted by Crippen LogP contribution is 2.45. The van der Waals surface area contributed by atoms with Crippen LogP contribution in [0.25, 0.3) is 10.1 Å². The molecule has 0 spiro atoms. The summed E-state index contributed by atoms with van der Waals surface area (Å²) in [6, 6.07) is 12.6. The molecule has 0 bridgehead atoms. The zero-order chi connectivity index (χ0) is 21.3.